The second-order valence-electron chi connectivity index (χ2n) is 5.51. The van der Waals surface area contributed by atoms with Crippen molar-refractivity contribution in [3.05, 3.63) is 47.8 Å². The summed E-state index contributed by atoms with van der Waals surface area (Å²) in [6, 6.07) is 7.27. The number of hydrogen-bond acceptors (Lipinski definition) is 5. The molecule has 2 aromatic heterocycles. The highest BCUT2D eigenvalue weighted by molar-refractivity contribution is 5.96. The van der Waals surface area contributed by atoms with Crippen LogP contribution in [0.15, 0.2) is 36.7 Å². The highest BCUT2D eigenvalue weighted by Gasteiger charge is 2.30. The molecule has 23 heavy (non-hydrogen) atoms. The molecule has 1 aliphatic heterocycles. The van der Waals surface area contributed by atoms with Crippen LogP contribution in [0.4, 0.5) is 0 Å². The zero-order chi connectivity index (χ0) is 16.2. The lowest BCUT2D eigenvalue weighted by atomic mass is 10.2. The Balaban J connectivity index is 1.65. The first-order chi connectivity index (χ1) is 11.2. The molecular weight excluding hydrogens is 294 g/mol. The van der Waals surface area contributed by atoms with Crippen LogP contribution in [0.3, 0.4) is 0 Å². The number of carbonyl (C=O) groups excluding carboxylic acids is 1. The molecule has 0 N–H and O–H groups in total. The van der Waals surface area contributed by atoms with Gasteiger partial charge in [-0.05, 0) is 24.6 Å². The largest absolute Gasteiger partial charge is 0.480 e. The molecule has 1 unspecified atom stereocenters. The van der Waals surface area contributed by atoms with E-state index in [1.54, 1.807) is 29.4 Å². The van der Waals surface area contributed by atoms with Gasteiger partial charge in [-0.3, -0.25) is 4.79 Å². The van der Waals surface area contributed by atoms with Gasteiger partial charge in [0.05, 0.1) is 13.7 Å². The van der Waals surface area contributed by atoms with Crippen LogP contribution >= 0.6 is 0 Å². The minimum atomic E-state index is -0.0853. The lowest BCUT2D eigenvalue weighted by Gasteiger charge is -2.18. The SMILES string of the molecule is COc1ncccc1C(=O)N1CCC(Oc2ccc(C)cn2)C1. The van der Waals surface area contributed by atoms with E-state index in [0.29, 0.717) is 30.4 Å². The van der Waals surface area contributed by atoms with Crippen LogP contribution < -0.4 is 9.47 Å². The van der Waals surface area contributed by atoms with Gasteiger partial charge in [-0.25, -0.2) is 9.97 Å². The fourth-order valence-corrected chi connectivity index (χ4v) is 2.59. The maximum atomic E-state index is 12.6. The van der Waals surface area contributed by atoms with Gasteiger partial charge in [-0.15, -0.1) is 0 Å². The molecule has 1 saturated heterocycles. The van der Waals surface area contributed by atoms with Gasteiger partial charge in [0.1, 0.15) is 11.7 Å². The molecule has 120 valence electrons. The van der Waals surface area contributed by atoms with Crippen LogP contribution in [0, 0.1) is 6.92 Å². The van der Waals surface area contributed by atoms with E-state index in [0.717, 1.165) is 12.0 Å². The van der Waals surface area contributed by atoms with Gasteiger partial charge in [-0.2, -0.15) is 0 Å². The number of ether oxygens (including phenoxy) is 2. The van der Waals surface area contributed by atoms with E-state index in [1.165, 1.54) is 7.11 Å². The minimum absolute atomic E-state index is 0.0446. The van der Waals surface area contributed by atoms with Gasteiger partial charge in [-0.1, -0.05) is 6.07 Å². The van der Waals surface area contributed by atoms with E-state index in [9.17, 15) is 4.79 Å². The van der Waals surface area contributed by atoms with Crippen molar-refractivity contribution in [3.8, 4) is 11.8 Å². The van der Waals surface area contributed by atoms with Crippen LogP contribution in [0.2, 0.25) is 0 Å². The summed E-state index contributed by atoms with van der Waals surface area (Å²) in [5.74, 6) is 0.855. The van der Waals surface area contributed by atoms with Crippen molar-refractivity contribution in [3.63, 3.8) is 0 Å². The molecule has 6 heteroatoms. The molecule has 0 aliphatic carbocycles. The molecular formula is C17H19N3O3. The number of pyridine rings is 2. The number of hydrogen-bond donors (Lipinski definition) is 0. The number of nitrogens with zero attached hydrogens (tertiary/aromatic N) is 3. The average Bonchev–Trinajstić information content (AvgIpc) is 3.05. The zero-order valence-electron chi connectivity index (χ0n) is 13.2. The summed E-state index contributed by atoms with van der Waals surface area (Å²) in [5.41, 5.74) is 1.56. The molecule has 0 radical (unpaired) electrons. The fraction of sp³-hybridized carbons (Fsp3) is 0.353. The van der Waals surface area contributed by atoms with Crippen LogP contribution in [-0.2, 0) is 0 Å². The summed E-state index contributed by atoms with van der Waals surface area (Å²) in [7, 11) is 1.51. The molecule has 6 nitrogen and oxygen atoms in total. The maximum absolute atomic E-state index is 12.6. The first kappa shape index (κ1) is 15.3. The zero-order valence-corrected chi connectivity index (χ0v) is 13.2. The molecule has 3 rings (SSSR count). The van der Waals surface area contributed by atoms with Gasteiger partial charge in [0.2, 0.25) is 11.8 Å². The summed E-state index contributed by atoms with van der Waals surface area (Å²) in [5, 5.41) is 0. The van der Waals surface area contributed by atoms with Crippen molar-refractivity contribution in [2.45, 2.75) is 19.4 Å². The minimum Gasteiger partial charge on any atom is -0.480 e. The van der Waals surface area contributed by atoms with Gasteiger partial charge in [0, 0.05) is 31.4 Å². The van der Waals surface area contributed by atoms with Crippen molar-refractivity contribution < 1.29 is 14.3 Å². The number of methoxy groups -OCH3 is 1. The third kappa shape index (κ3) is 3.41. The number of carbonyl (C=O) groups is 1. The predicted molar refractivity (Wildman–Crippen MR) is 84.7 cm³/mol. The number of rotatable bonds is 4. The Morgan fingerprint density at radius 3 is 2.91 bits per heavy atom. The van der Waals surface area contributed by atoms with Crippen molar-refractivity contribution in [2.24, 2.45) is 0 Å². The van der Waals surface area contributed by atoms with E-state index in [1.807, 2.05) is 19.1 Å². The molecule has 0 aromatic carbocycles. The average molecular weight is 313 g/mol. The monoisotopic (exact) mass is 313 g/mol. The molecule has 1 atom stereocenters. The lowest BCUT2D eigenvalue weighted by Crippen LogP contribution is -2.31. The van der Waals surface area contributed by atoms with Crippen molar-refractivity contribution in [1.29, 1.82) is 0 Å². The van der Waals surface area contributed by atoms with E-state index in [-0.39, 0.29) is 12.0 Å². The highest BCUT2D eigenvalue weighted by Crippen LogP contribution is 2.21. The molecule has 1 aliphatic rings. The Hall–Kier alpha value is -2.63. The lowest BCUT2D eigenvalue weighted by molar-refractivity contribution is 0.0767. The van der Waals surface area contributed by atoms with E-state index >= 15 is 0 Å². The van der Waals surface area contributed by atoms with Crippen molar-refractivity contribution in [1.82, 2.24) is 14.9 Å². The first-order valence-corrected chi connectivity index (χ1v) is 7.55. The molecule has 1 fully saturated rings. The molecule has 1 amide bonds. The number of aryl methyl sites for hydroxylation is 1. The van der Waals surface area contributed by atoms with E-state index in [2.05, 4.69) is 9.97 Å². The summed E-state index contributed by atoms with van der Waals surface area (Å²) in [6.07, 6.45) is 4.11. The van der Waals surface area contributed by atoms with Crippen molar-refractivity contribution in [2.75, 3.05) is 20.2 Å². The summed E-state index contributed by atoms with van der Waals surface area (Å²) < 4.78 is 11.0. The quantitative estimate of drug-likeness (QED) is 0.865. The molecule has 3 heterocycles. The van der Waals surface area contributed by atoms with Crippen LogP contribution in [0.25, 0.3) is 0 Å². The summed E-state index contributed by atoms with van der Waals surface area (Å²) >= 11 is 0. The van der Waals surface area contributed by atoms with Gasteiger partial charge < -0.3 is 14.4 Å². The molecule has 2 aromatic rings. The first-order valence-electron chi connectivity index (χ1n) is 7.55. The van der Waals surface area contributed by atoms with E-state index < -0.39 is 0 Å². The number of aromatic nitrogens is 2. The van der Waals surface area contributed by atoms with Crippen LogP contribution in [0.5, 0.6) is 11.8 Å². The Morgan fingerprint density at radius 1 is 1.30 bits per heavy atom. The topological polar surface area (TPSA) is 64.5 Å². The molecule has 0 bridgehead atoms. The fourth-order valence-electron chi connectivity index (χ4n) is 2.59. The molecule has 0 saturated carbocycles. The smallest absolute Gasteiger partial charge is 0.259 e. The van der Waals surface area contributed by atoms with Crippen LogP contribution in [0.1, 0.15) is 22.3 Å². The Morgan fingerprint density at radius 2 is 2.17 bits per heavy atom. The number of amides is 1. The Bertz CT molecular complexity index is 688. The van der Waals surface area contributed by atoms with E-state index in [4.69, 9.17) is 9.47 Å². The summed E-state index contributed by atoms with van der Waals surface area (Å²) in [4.78, 5) is 22.7. The molecule has 0 spiro atoms. The van der Waals surface area contributed by atoms with Gasteiger partial charge in [0.25, 0.3) is 5.91 Å². The van der Waals surface area contributed by atoms with Gasteiger partial charge >= 0.3 is 0 Å². The standard InChI is InChI=1S/C17H19N3O3/c1-12-5-6-15(19-10-12)23-13-7-9-20(11-13)17(21)14-4-3-8-18-16(14)22-2/h3-6,8,10,13H,7,9,11H2,1-2H3. The van der Waals surface area contributed by atoms with Gasteiger partial charge in [0.15, 0.2) is 0 Å². The normalized spacial score (nSPS) is 17.1. The second kappa shape index (κ2) is 6.64. The van der Waals surface area contributed by atoms with Crippen LogP contribution in [-0.4, -0.2) is 47.1 Å². The predicted octanol–water partition coefficient (Wildman–Crippen LogP) is 2.09. The highest BCUT2D eigenvalue weighted by atomic mass is 16.5. The number of likely N-dealkylation sites (tertiary alicyclic amines) is 1. The summed E-state index contributed by atoms with van der Waals surface area (Å²) in [6.45, 7) is 3.16. The third-order valence-corrected chi connectivity index (χ3v) is 3.80. The third-order valence-electron chi connectivity index (χ3n) is 3.80. The van der Waals surface area contributed by atoms with Crippen molar-refractivity contribution >= 4 is 5.91 Å². The maximum Gasteiger partial charge on any atom is 0.259 e. The Kier molecular flexibility index (Phi) is 4.41. The Labute approximate surface area is 135 Å². The second-order valence-corrected chi connectivity index (χ2v) is 5.51.